The Morgan fingerprint density at radius 1 is 0.386 bits per heavy atom. The van der Waals surface area contributed by atoms with Gasteiger partial charge in [0.2, 0.25) is 5.95 Å². The minimum atomic E-state index is 0.567. The van der Waals surface area contributed by atoms with Crippen LogP contribution >= 0.6 is 0 Å². The predicted molar refractivity (Wildman–Crippen MR) is 177 cm³/mol. The van der Waals surface area contributed by atoms with Gasteiger partial charge in [0.1, 0.15) is 0 Å². The Hall–Kier alpha value is -6.14. The highest BCUT2D eigenvalue weighted by molar-refractivity contribution is 6.23. The summed E-state index contributed by atoms with van der Waals surface area (Å²) in [6.45, 7) is 0. The first-order valence-electron chi connectivity index (χ1n) is 14.6. The van der Waals surface area contributed by atoms with Gasteiger partial charge in [0, 0.05) is 39.6 Å². The lowest BCUT2D eigenvalue weighted by molar-refractivity contribution is 0.988. The van der Waals surface area contributed by atoms with Crippen LogP contribution in [0.2, 0.25) is 0 Å². The fourth-order valence-electron chi connectivity index (χ4n) is 6.38. The van der Waals surface area contributed by atoms with Gasteiger partial charge in [-0.15, -0.1) is 0 Å². The van der Waals surface area contributed by atoms with Crippen molar-refractivity contribution in [2.24, 2.45) is 0 Å². The normalized spacial score (nSPS) is 11.6. The molecule has 0 saturated heterocycles. The van der Waals surface area contributed by atoms with Gasteiger partial charge in [-0.2, -0.15) is 0 Å². The van der Waals surface area contributed by atoms with Crippen LogP contribution in [-0.2, 0) is 0 Å². The Morgan fingerprint density at radius 3 is 1.45 bits per heavy atom. The smallest absolute Gasteiger partial charge is 0.235 e. The Morgan fingerprint density at radius 2 is 0.886 bits per heavy atom. The first-order chi connectivity index (χ1) is 21.8. The molecule has 44 heavy (non-hydrogen) atoms. The van der Waals surface area contributed by atoms with E-state index in [2.05, 4.69) is 110 Å². The molecule has 0 bridgehead atoms. The van der Waals surface area contributed by atoms with E-state index in [0.717, 1.165) is 61.3 Å². The number of rotatable bonds is 4. The summed E-state index contributed by atoms with van der Waals surface area (Å²) in [7, 11) is 0. The van der Waals surface area contributed by atoms with Crippen molar-refractivity contribution in [2.45, 2.75) is 0 Å². The van der Waals surface area contributed by atoms with Crippen LogP contribution in [0.3, 0.4) is 0 Å². The van der Waals surface area contributed by atoms with Crippen LogP contribution in [0, 0.1) is 0 Å². The molecule has 9 rings (SSSR count). The van der Waals surface area contributed by atoms with Gasteiger partial charge in [-0.25, -0.2) is 9.97 Å². The maximum absolute atomic E-state index is 5.19. The van der Waals surface area contributed by atoms with E-state index in [9.17, 15) is 0 Å². The molecule has 0 aliphatic rings. The molecule has 0 fully saturated rings. The van der Waals surface area contributed by atoms with Crippen LogP contribution in [0.5, 0.6) is 0 Å². The van der Waals surface area contributed by atoms with Crippen LogP contribution in [0.25, 0.3) is 78.0 Å². The molecule has 0 unspecified atom stereocenters. The summed E-state index contributed by atoms with van der Waals surface area (Å²) in [4.78, 5) is 19.7. The Balaban J connectivity index is 1.48. The van der Waals surface area contributed by atoms with Crippen LogP contribution in [0.15, 0.2) is 146 Å². The average molecular weight is 565 g/mol. The van der Waals surface area contributed by atoms with Crippen molar-refractivity contribution < 1.29 is 0 Å². The second-order valence-electron chi connectivity index (χ2n) is 10.8. The molecule has 0 radical (unpaired) electrons. The van der Waals surface area contributed by atoms with Gasteiger partial charge in [0.25, 0.3) is 0 Å². The summed E-state index contributed by atoms with van der Waals surface area (Å²) < 4.78 is 4.58. The standard InChI is InChI=1S/C38H24N6/c1-2-12-25(13-3-1)43-34-18-6-4-14-26(34)28-20-21-29-27-15-5-7-19-35(27)44(37(29)36(28)43)38-41-32(30-16-8-10-22-39-30)24-33(42-38)31-17-9-11-23-40-31/h1-24H. The van der Waals surface area contributed by atoms with E-state index in [1.165, 1.54) is 10.8 Å². The van der Waals surface area contributed by atoms with E-state index in [1.807, 2.05) is 42.5 Å². The first kappa shape index (κ1) is 24.5. The molecule has 6 nitrogen and oxygen atoms in total. The average Bonchev–Trinajstić information content (AvgIpc) is 3.62. The second-order valence-corrected chi connectivity index (χ2v) is 10.8. The van der Waals surface area contributed by atoms with Crippen molar-refractivity contribution in [3.63, 3.8) is 0 Å². The SMILES string of the molecule is c1ccc(-n2c3ccccc3c3ccc4c5ccccc5n(-c5nc(-c6ccccn6)cc(-c6ccccn6)n5)c4c32)cc1. The number of hydrogen-bond donors (Lipinski definition) is 0. The van der Waals surface area contributed by atoms with Gasteiger partial charge in [-0.05, 0) is 54.6 Å². The zero-order valence-corrected chi connectivity index (χ0v) is 23.5. The highest BCUT2D eigenvalue weighted by Crippen LogP contribution is 2.41. The third-order valence-corrected chi connectivity index (χ3v) is 8.25. The van der Waals surface area contributed by atoms with E-state index < -0.39 is 0 Å². The zero-order valence-electron chi connectivity index (χ0n) is 23.5. The van der Waals surface area contributed by atoms with E-state index >= 15 is 0 Å². The molecule has 0 atom stereocenters. The molecule has 0 aliphatic heterocycles. The molecule has 9 aromatic rings. The molecule has 6 heteroatoms. The molecule has 0 spiro atoms. The van der Waals surface area contributed by atoms with Crippen LogP contribution in [0.1, 0.15) is 0 Å². The van der Waals surface area contributed by atoms with Crippen molar-refractivity contribution >= 4 is 43.6 Å². The van der Waals surface area contributed by atoms with E-state index in [4.69, 9.17) is 9.97 Å². The van der Waals surface area contributed by atoms with Crippen molar-refractivity contribution in [2.75, 3.05) is 0 Å². The fraction of sp³-hybridized carbons (Fsp3) is 0. The molecule has 4 aromatic carbocycles. The van der Waals surface area contributed by atoms with E-state index in [-0.39, 0.29) is 0 Å². The number of hydrogen-bond acceptors (Lipinski definition) is 4. The summed E-state index contributed by atoms with van der Waals surface area (Å²) in [5.41, 5.74) is 8.46. The molecule has 0 aliphatic carbocycles. The lowest BCUT2D eigenvalue weighted by Crippen LogP contribution is -2.05. The fourth-order valence-corrected chi connectivity index (χ4v) is 6.38. The van der Waals surface area contributed by atoms with Gasteiger partial charge < -0.3 is 4.57 Å². The molecule has 0 amide bonds. The van der Waals surface area contributed by atoms with Crippen LogP contribution in [0.4, 0.5) is 0 Å². The van der Waals surface area contributed by atoms with Crippen LogP contribution < -0.4 is 0 Å². The lowest BCUT2D eigenvalue weighted by Gasteiger charge is -2.13. The van der Waals surface area contributed by atoms with Gasteiger partial charge in [0.05, 0.1) is 44.8 Å². The lowest BCUT2D eigenvalue weighted by atomic mass is 10.1. The maximum Gasteiger partial charge on any atom is 0.235 e. The molecule has 5 heterocycles. The summed E-state index contributed by atoms with van der Waals surface area (Å²) >= 11 is 0. The number of para-hydroxylation sites is 3. The third-order valence-electron chi connectivity index (χ3n) is 8.25. The highest BCUT2D eigenvalue weighted by atomic mass is 15.2. The van der Waals surface area contributed by atoms with E-state index in [1.54, 1.807) is 12.4 Å². The largest absolute Gasteiger partial charge is 0.307 e. The van der Waals surface area contributed by atoms with Crippen molar-refractivity contribution in [3.8, 4) is 34.4 Å². The number of benzene rings is 4. The minimum absolute atomic E-state index is 0.567. The van der Waals surface area contributed by atoms with Crippen LogP contribution in [-0.4, -0.2) is 29.1 Å². The van der Waals surface area contributed by atoms with Gasteiger partial charge >= 0.3 is 0 Å². The van der Waals surface area contributed by atoms with Crippen molar-refractivity contribution in [1.29, 1.82) is 0 Å². The molecule has 0 N–H and O–H groups in total. The van der Waals surface area contributed by atoms with Crippen molar-refractivity contribution in [1.82, 2.24) is 29.1 Å². The van der Waals surface area contributed by atoms with Crippen molar-refractivity contribution in [3.05, 3.63) is 146 Å². The quantitative estimate of drug-likeness (QED) is 0.214. The Labute approximate surface area is 252 Å². The monoisotopic (exact) mass is 564 g/mol. The minimum Gasteiger partial charge on any atom is -0.307 e. The summed E-state index contributed by atoms with van der Waals surface area (Å²) in [5.74, 6) is 0.567. The Kier molecular flexibility index (Phi) is 5.40. The number of fused-ring (bicyclic) bond motifs is 7. The van der Waals surface area contributed by atoms with Gasteiger partial charge in [-0.3, -0.25) is 14.5 Å². The zero-order chi connectivity index (χ0) is 29.0. The third kappa shape index (κ3) is 3.68. The molecular formula is C38H24N6. The number of nitrogens with zero attached hydrogens (tertiary/aromatic N) is 6. The summed E-state index contributed by atoms with van der Waals surface area (Å²) in [5, 5.41) is 4.65. The first-order valence-corrected chi connectivity index (χ1v) is 14.6. The summed E-state index contributed by atoms with van der Waals surface area (Å²) in [6, 6.07) is 45.8. The van der Waals surface area contributed by atoms with Gasteiger partial charge in [-0.1, -0.05) is 78.9 Å². The molecule has 5 aromatic heterocycles. The summed E-state index contributed by atoms with van der Waals surface area (Å²) in [6.07, 6.45) is 3.58. The predicted octanol–water partition coefficient (Wildman–Crippen LogP) is 8.79. The van der Waals surface area contributed by atoms with E-state index in [0.29, 0.717) is 5.95 Å². The Bertz CT molecular complexity index is 2420. The molecule has 0 saturated carbocycles. The molecular weight excluding hydrogens is 540 g/mol. The maximum atomic E-state index is 5.19. The van der Waals surface area contributed by atoms with Gasteiger partial charge in [0.15, 0.2) is 0 Å². The number of pyridine rings is 2. The number of aromatic nitrogens is 6. The highest BCUT2D eigenvalue weighted by Gasteiger charge is 2.23. The molecule has 206 valence electrons. The second kappa shape index (κ2) is 9.71. The topological polar surface area (TPSA) is 61.4 Å².